The Balaban J connectivity index is 4.01. The zero-order valence-electron chi connectivity index (χ0n) is 11.6. The maximum absolute atomic E-state index is 2.40. The van der Waals surface area contributed by atoms with Crippen molar-refractivity contribution in [3.05, 3.63) is 0 Å². The van der Waals surface area contributed by atoms with E-state index in [0.717, 1.165) is 11.8 Å². The molecule has 14 heavy (non-hydrogen) atoms. The summed E-state index contributed by atoms with van der Waals surface area (Å²) in [5.74, 6) is 1.67. The fraction of sp³-hybridized carbons (Fsp3) is 1.00. The first-order valence-corrected chi connectivity index (χ1v) is 6.02. The number of rotatable bonds is 3. The van der Waals surface area contributed by atoms with Crippen molar-refractivity contribution < 1.29 is 0 Å². The van der Waals surface area contributed by atoms with Crippen LogP contribution in [0.2, 0.25) is 0 Å². The average molecular weight is 198 g/mol. The molecule has 0 bridgehead atoms. The van der Waals surface area contributed by atoms with Gasteiger partial charge in [-0.15, -0.1) is 0 Å². The normalized spacial score (nSPS) is 18.0. The van der Waals surface area contributed by atoms with E-state index < -0.39 is 0 Å². The van der Waals surface area contributed by atoms with Crippen molar-refractivity contribution in [2.45, 2.75) is 68.2 Å². The lowest BCUT2D eigenvalue weighted by Crippen LogP contribution is -2.21. The quantitative estimate of drug-likeness (QED) is 0.589. The van der Waals surface area contributed by atoms with Crippen molar-refractivity contribution in [1.29, 1.82) is 0 Å². The van der Waals surface area contributed by atoms with E-state index in [4.69, 9.17) is 0 Å². The molecule has 0 fully saturated rings. The highest BCUT2D eigenvalue weighted by atomic mass is 14.3. The SMILES string of the molecule is CC(CC(C)C(C)(C)C)CC(C)(C)C. The standard InChI is InChI=1S/C14H30/c1-11(10-13(3,4)5)9-12(2)14(6,7)8/h11-12H,9-10H2,1-8H3. The van der Waals surface area contributed by atoms with Gasteiger partial charge in [0.25, 0.3) is 0 Å². The molecular weight excluding hydrogens is 168 g/mol. The van der Waals surface area contributed by atoms with Crippen molar-refractivity contribution in [2.24, 2.45) is 22.7 Å². The fourth-order valence-corrected chi connectivity index (χ4v) is 2.09. The Morgan fingerprint density at radius 1 is 0.857 bits per heavy atom. The predicted molar refractivity (Wildman–Crippen MR) is 66.5 cm³/mol. The van der Waals surface area contributed by atoms with Gasteiger partial charge in [0.05, 0.1) is 0 Å². The van der Waals surface area contributed by atoms with Crippen LogP contribution in [0.3, 0.4) is 0 Å². The van der Waals surface area contributed by atoms with Gasteiger partial charge in [-0.3, -0.25) is 0 Å². The van der Waals surface area contributed by atoms with Crippen LogP contribution in [-0.4, -0.2) is 0 Å². The summed E-state index contributed by atoms with van der Waals surface area (Å²) in [5, 5.41) is 0. The van der Waals surface area contributed by atoms with Gasteiger partial charge in [0.2, 0.25) is 0 Å². The van der Waals surface area contributed by atoms with E-state index in [2.05, 4.69) is 55.4 Å². The molecule has 2 atom stereocenters. The van der Waals surface area contributed by atoms with E-state index in [1.807, 2.05) is 0 Å². The van der Waals surface area contributed by atoms with Crippen molar-refractivity contribution in [2.75, 3.05) is 0 Å². The third-order valence-corrected chi connectivity index (χ3v) is 3.20. The fourth-order valence-electron chi connectivity index (χ4n) is 2.09. The van der Waals surface area contributed by atoms with Crippen LogP contribution in [0.4, 0.5) is 0 Å². The van der Waals surface area contributed by atoms with Gasteiger partial charge in [0, 0.05) is 0 Å². The Morgan fingerprint density at radius 3 is 1.57 bits per heavy atom. The lowest BCUT2D eigenvalue weighted by Gasteiger charge is -2.32. The van der Waals surface area contributed by atoms with Crippen LogP contribution >= 0.6 is 0 Å². The lowest BCUT2D eigenvalue weighted by atomic mass is 9.74. The lowest BCUT2D eigenvalue weighted by molar-refractivity contribution is 0.191. The van der Waals surface area contributed by atoms with Crippen LogP contribution in [0, 0.1) is 22.7 Å². The topological polar surface area (TPSA) is 0 Å². The largest absolute Gasteiger partial charge is 0.0625 e. The molecule has 0 heteroatoms. The molecule has 0 aromatic rings. The summed E-state index contributed by atoms with van der Waals surface area (Å²) in [7, 11) is 0. The molecule has 0 aliphatic carbocycles. The number of hydrogen-bond donors (Lipinski definition) is 0. The van der Waals surface area contributed by atoms with Gasteiger partial charge in [-0.2, -0.15) is 0 Å². The third-order valence-electron chi connectivity index (χ3n) is 3.20. The summed E-state index contributed by atoms with van der Waals surface area (Å²) in [6, 6.07) is 0. The van der Waals surface area contributed by atoms with Crippen LogP contribution in [0.5, 0.6) is 0 Å². The first-order chi connectivity index (χ1) is 6.02. The molecule has 0 heterocycles. The van der Waals surface area contributed by atoms with E-state index >= 15 is 0 Å². The Kier molecular flexibility index (Phi) is 4.68. The van der Waals surface area contributed by atoms with Gasteiger partial charge in [0.1, 0.15) is 0 Å². The minimum atomic E-state index is 0.464. The van der Waals surface area contributed by atoms with Gasteiger partial charge in [0.15, 0.2) is 0 Å². The summed E-state index contributed by atoms with van der Waals surface area (Å²) < 4.78 is 0. The molecule has 0 saturated heterocycles. The molecule has 0 nitrogen and oxygen atoms in total. The van der Waals surface area contributed by atoms with E-state index in [-0.39, 0.29) is 0 Å². The molecule has 0 rings (SSSR count). The average Bonchev–Trinajstić information content (AvgIpc) is 1.79. The molecule has 0 aromatic carbocycles. The Labute approximate surface area is 91.5 Å². The Morgan fingerprint density at radius 2 is 1.29 bits per heavy atom. The Bertz CT molecular complexity index is 154. The van der Waals surface area contributed by atoms with Crippen molar-refractivity contribution in [3.8, 4) is 0 Å². The first kappa shape index (κ1) is 14.0. The van der Waals surface area contributed by atoms with Crippen LogP contribution in [0.1, 0.15) is 68.2 Å². The molecule has 0 spiro atoms. The minimum Gasteiger partial charge on any atom is -0.0625 e. The van der Waals surface area contributed by atoms with Crippen molar-refractivity contribution >= 4 is 0 Å². The molecule has 86 valence electrons. The summed E-state index contributed by atoms with van der Waals surface area (Å²) >= 11 is 0. The van der Waals surface area contributed by atoms with Gasteiger partial charge >= 0.3 is 0 Å². The second-order valence-corrected chi connectivity index (χ2v) is 7.37. The molecule has 0 radical (unpaired) electrons. The molecule has 0 aromatic heterocycles. The monoisotopic (exact) mass is 198 g/mol. The highest BCUT2D eigenvalue weighted by Gasteiger charge is 2.23. The smallest absolute Gasteiger partial charge is 0.0357 e. The third kappa shape index (κ3) is 6.45. The zero-order valence-corrected chi connectivity index (χ0v) is 11.6. The second kappa shape index (κ2) is 4.68. The molecule has 0 aliphatic heterocycles. The van der Waals surface area contributed by atoms with Crippen LogP contribution < -0.4 is 0 Å². The van der Waals surface area contributed by atoms with Gasteiger partial charge in [-0.1, -0.05) is 55.4 Å². The van der Waals surface area contributed by atoms with Crippen LogP contribution in [0.25, 0.3) is 0 Å². The second-order valence-electron chi connectivity index (χ2n) is 7.37. The maximum atomic E-state index is 2.40. The van der Waals surface area contributed by atoms with Crippen LogP contribution in [-0.2, 0) is 0 Å². The summed E-state index contributed by atoms with van der Waals surface area (Å²) in [4.78, 5) is 0. The summed E-state index contributed by atoms with van der Waals surface area (Å²) in [6.07, 6.45) is 2.70. The summed E-state index contributed by atoms with van der Waals surface area (Å²) in [5.41, 5.74) is 0.948. The first-order valence-electron chi connectivity index (χ1n) is 6.02. The minimum absolute atomic E-state index is 0.464. The molecule has 0 saturated carbocycles. The Hall–Kier alpha value is 0. The van der Waals surface area contributed by atoms with Gasteiger partial charge in [-0.25, -0.2) is 0 Å². The van der Waals surface area contributed by atoms with E-state index in [9.17, 15) is 0 Å². The number of hydrogen-bond acceptors (Lipinski definition) is 0. The van der Waals surface area contributed by atoms with Gasteiger partial charge < -0.3 is 0 Å². The summed E-state index contributed by atoms with van der Waals surface area (Å²) in [6.45, 7) is 18.8. The molecule has 0 N–H and O–H groups in total. The molecular formula is C14H30. The maximum Gasteiger partial charge on any atom is -0.0357 e. The molecule has 0 amide bonds. The van der Waals surface area contributed by atoms with Crippen molar-refractivity contribution in [1.82, 2.24) is 0 Å². The predicted octanol–water partition coefficient (Wildman–Crippen LogP) is 5.13. The highest BCUT2D eigenvalue weighted by molar-refractivity contribution is 4.74. The zero-order chi connectivity index (χ0) is 11.6. The van der Waals surface area contributed by atoms with E-state index in [1.54, 1.807) is 0 Å². The molecule has 2 unspecified atom stereocenters. The van der Waals surface area contributed by atoms with Crippen LogP contribution in [0.15, 0.2) is 0 Å². The van der Waals surface area contributed by atoms with Crippen molar-refractivity contribution in [3.63, 3.8) is 0 Å². The highest BCUT2D eigenvalue weighted by Crippen LogP contribution is 2.34. The van der Waals surface area contributed by atoms with E-state index in [1.165, 1.54) is 12.8 Å². The molecule has 0 aliphatic rings. The van der Waals surface area contributed by atoms with Gasteiger partial charge in [-0.05, 0) is 35.5 Å². The van der Waals surface area contributed by atoms with E-state index in [0.29, 0.717) is 10.8 Å².